The molecular weight excluding hydrogens is 252 g/mol. The molecule has 0 fully saturated rings. The lowest BCUT2D eigenvalue weighted by molar-refractivity contribution is 0.573. The van der Waals surface area contributed by atoms with E-state index in [0.717, 1.165) is 17.9 Å². The van der Waals surface area contributed by atoms with Gasteiger partial charge in [-0.1, -0.05) is 19.9 Å². The molecule has 0 radical (unpaired) electrons. The fourth-order valence-electron chi connectivity index (χ4n) is 1.79. The maximum Gasteiger partial charge on any atom is 0.268 e. The highest BCUT2D eigenvalue weighted by Gasteiger charge is 2.02. The lowest BCUT2D eigenvalue weighted by Crippen LogP contribution is -2.24. The molecule has 0 spiro atoms. The van der Waals surface area contributed by atoms with E-state index >= 15 is 0 Å². The van der Waals surface area contributed by atoms with Crippen LogP contribution >= 0.6 is 0 Å². The van der Waals surface area contributed by atoms with Gasteiger partial charge in [-0.15, -0.1) is 0 Å². The fraction of sp³-hybridized carbons (Fsp3) is 0.400. The lowest BCUT2D eigenvalue weighted by Gasteiger charge is -2.09. The molecule has 0 aliphatic rings. The van der Waals surface area contributed by atoms with Crippen LogP contribution in [0, 0.1) is 5.92 Å². The van der Waals surface area contributed by atoms with E-state index in [1.165, 1.54) is 4.68 Å². The molecule has 0 bridgehead atoms. The molecule has 0 aliphatic carbocycles. The van der Waals surface area contributed by atoms with Crippen molar-refractivity contribution in [2.75, 3.05) is 11.9 Å². The highest BCUT2D eigenvalue weighted by molar-refractivity contribution is 5.38. The summed E-state index contributed by atoms with van der Waals surface area (Å²) in [6.07, 6.45) is 4.15. The van der Waals surface area contributed by atoms with Gasteiger partial charge in [0.2, 0.25) is 0 Å². The topological polar surface area (TPSA) is 59.8 Å². The molecule has 20 heavy (non-hydrogen) atoms. The summed E-state index contributed by atoms with van der Waals surface area (Å²) in [5, 5.41) is 7.38. The molecule has 2 aromatic rings. The third-order valence-electron chi connectivity index (χ3n) is 2.89. The number of aromatic nitrogens is 3. The van der Waals surface area contributed by atoms with Gasteiger partial charge >= 0.3 is 0 Å². The molecule has 2 aromatic heterocycles. The number of hydrogen-bond donors (Lipinski definition) is 1. The van der Waals surface area contributed by atoms with E-state index in [-0.39, 0.29) is 5.56 Å². The number of hydrogen-bond acceptors (Lipinski definition) is 4. The fourth-order valence-corrected chi connectivity index (χ4v) is 1.79. The Bertz CT molecular complexity index is 592. The average molecular weight is 272 g/mol. The van der Waals surface area contributed by atoms with Gasteiger partial charge in [-0.2, -0.15) is 5.10 Å². The maximum absolute atomic E-state index is 11.9. The molecule has 5 heteroatoms. The molecule has 0 aliphatic heterocycles. The molecule has 0 saturated heterocycles. The molecule has 106 valence electrons. The third kappa shape index (κ3) is 4.19. The number of pyridine rings is 1. The van der Waals surface area contributed by atoms with Crippen LogP contribution in [-0.2, 0) is 13.0 Å². The highest BCUT2D eigenvalue weighted by Crippen LogP contribution is 2.02. The van der Waals surface area contributed by atoms with Crippen molar-refractivity contribution in [2.24, 2.45) is 5.92 Å². The molecule has 2 heterocycles. The quantitative estimate of drug-likeness (QED) is 0.873. The SMILES string of the molecule is CC(C)CNc1cnn(CCc2ccccn2)c(=O)c1. The van der Waals surface area contributed by atoms with Crippen LogP contribution in [0.25, 0.3) is 0 Å². The molecule has 0 aromatic carbocycles. The summed E-state index contributed by atoms with van der Waals surface area (Å²) < 4.78 is 1.47. The van der Waals surface area contributed by atoms with Crippen molar-refractivity contribution in [3.05, 3.63) is 52.7 Å². The van der Waals surface area contributed by atoms with E-state index in [1.54, 1.807) is 18.5 Å². The van der Waals surface area contributed by atoms with Gasteiger partial charge in [-0.25, -0.2) is 4.68 Å². The van der Waals surface area contributed by atoms with Crippen LogP contribution in [0.1, 0.15) is 19.5 Å². The number of rotatable bonds is 6. The Balaban J connectivity index is 1.97. The zero-order valence-electron chi connectivity index (χ0n) is 11.9. The standard InChI is InChI=1S/C15H20N4O/c1-12(2)10-17-14-9-15(20)19(18-11-14)8-6-13-5-3-4-7-16-13/h3-5,7,9,11-12,17H,6,8,10H2,1-2H3. The molecule has 0 atom stereocenters. The average Bonchev–Trinajstić information content (AvgIpc) is 2.45. The third-order valence-corrected chi connectivity index (χ3v) is 2.89. The minimum atomic E-state index is -0.0883. The van der Waals surface area contributed by atoms with Gasteiger partial charge in [-0.05, 0) is 18.1 Å². The van der Waals surface area contributed by atoms with Crippen LogP contribution in [0.2, 0.25) is 0 Å². The van der Waals surface area contributed by atoms with Crippen molar-refractivity contribution in [3.63, 3.8) is 0 Å². The van der Waals surface area contributed by atoms with E-state index < -0.39 is 0 Å². The molecular formula is C15H20N4O. The minimum absolute atomic E-state index is 0.0883. The van der Waals surface area contributed by atoms with Crippen molar-refractivity contribution in [3.8, 4) is 0 Å². The first-order chi connectivity index (χ1) is 9.65. The minimum Gasteiger partial charge on any atom is -0.383 e. The Morgan fingerprint density at radius 3 is 2.85 bits per heavy atom. The Morgan fingerprint density at radius 1 is 1.35 bits per heavy atom. The summed E-state index contributed by atoms with van der Waals surface area (Å²) in [6.45, 7) is 5.61. The Hall–Kier alpha value is -2.17. The number of nitrogens with one attached hydrogen (secondary N) is 1. The number of anilines is 1. The largest absolute Gasteiger partial charge is 0.383 e. The van der Waals surface area contributed by atoms with E-state index in [9.17, 15) is 4.79 Å². The summed E-state index contributed by atoms with van der Waals surface area (Å²) in [7, 11) is 0. The second-order valence-electron chi connectivity index (χ2n) is 5.15. The monoisotopic (exact) mass is 272 g/mol. The smallest absolute Gasteiger partial charge is 0.268 e. The first-order valence-electron chi connectivity index (χ1n) is 6.86. The summed E-state index contributed by atoms with van der Waals surface area (Å²) in [5.74, 6) is 0.529. The van der Waals surface area contributed by atoms with Crippen LogP contribution in [0.15, 0.2) is 41.5 Å². The lowest BCUT2D eigenvalue weighted by atomic mass is 10.2. The first-order valence-corrected chi connectivity index (χ1v) is 6.86. The van der Waals surface area contributed by atoms with Gasteiger partial charge < -0.3 is 5.32 Å². The molecule has 0 amide bonds. The second kappa shape index (κ2) is 6.84. The van der Waals surface area contributed by atoms with Gasteiger partial charge in [-0.3, -0.25) is 9.78 Å². The molecule has 0 saturated carbocycles. The first kappa shape index (κ1) is 14.2. The Morgan fingerprint density at radius 2 is 2.20 bits per heavy atom. The highest BCUT2D eigenvalue weighted by atomic mass is 16.1. The van der Waals surface area contributed by atoms with E-state index in [0.29, 0.717) is 18.9 Å². The number of nitrogens with zero attached hydrogens (tertiary/aromatic N) is 3. The normalized spacial score (nSPS) is 10.8. The summed E-state index contributed by atoms with van der Waals surface area (Å²) in [4.78, 5) is 16.2. The van der Waals surface area contributed by atoms with Crippen molar-refractivity contribution in [1.29, 1.82) is 0 Å². The predicted octanol–water partition coefficient (Wildman–Crippen LogP) is 1.95. The van der Waals surface area contributed by atoms with Gasteiger partial charge in [0.25, 0.3) is 5.56 Å². The van der Waals surface area contributed by atoms with Crippen molar-refractivity contribution in [1.82, 2.24) is 14.8 Å². The van der Waals surface area contributed by atoms with Gasteiger partial charge in [0.15, 0.2) is 0 Å². The number of aryl methyl sites for hydroxylation is 2. The molecule has 2 rings (SSSR count). The Kier molecular flexibility index (Phi) is 4.87. The van der Waals surface area contributed by atoms with Crippen LogP contribution in [0.5, 0.6) is 0 Å². The summed E-state index contributed by atoms with van der Waals surface area (Å²) in [6, 6.07) is 7.36. The maximum atomic E-state index is 11.9. The van der Waals surface area contributed by atoms with Crippen LogP contribution in [0.4, 0.5) is 5.69 Å². The van der Waals surface area contributed by atoms with E-state index in [2.05, 4.69) is 29.2 Å². The van der Waals surface area contributed by atoms with Gasteiger partial charge in [0.1, 0.15) is 0 Å². The second-order valence-corrected chi connectivity index (χ2v) is 5.15. The van der Waals surface area contributed by atoms with Crippen molar-refractivity contribution in [2.45, 2.75) is 26.8 Å². The van der Waals surface area contributed by atoms with Crippen LogP contribution in [0.3, 0.4) is 0 Å². The van der Waals surface area contributed by atoms with Crippen LogP contribution < -0.4 is 10.9 Å². The van der Waals surface area contributed by atoms with Gasteiger partial charge in [0.05, 0.1) is 18.4 Å². The molecule has 1 N–H and O–H groups in total. The van der Waals surface area contributed by atoms with Gasteiger partial charge in [0, 0.05) is 30.9 Å². The molecule has 5 nitrogen and oxygen atoms in total. The Labute approximate surface area is 118 Å². The summed E-state index contributed by atoms with van der Waals surface area (Å²) >= 11 is 0. The van der Waals surface area contributed by atoms with Crippen molar-refractivity contribution >= 4 is 5.69 Å². The van der Waals surface area contributed by atoms with Crippen molar-refractivity contribution < 1.29 is 0 Å². The predicted molar refractivity (Wildman–Crippen MR) is 79.8 cm³/mol. The zero-order chi connectivity index (χ0) is 14.4. The molecule has 0 unspecified atom stereocenters. The van der Waals surface area contributed by atoms with E-state index in [1.807, 2.05) is 18.2 Å². The zero-order valence-corrected chi connectivity index (χ0v) is 11.9. The van der Waals surface area contributed by atoms with Crippen LogP contribution in [-0.4, -0.2) is 21.3 Å². The van der Waals surface area contributed by atoms with E-state index in [4.69, 9.17) is 0 Å². The summed E-state index contributed by atoms with van der Waals surface area (Å²) in [5.41, 5.74) is 1.65.